The summed E-state index contributed by atoms with van der Waals surface area (Å²) in [5, 5.41) is 3.01. The van der Waals surface area contributed by atoms with E-state index in [1.165, 1.54) is 18.2 Å². The molecule has 0 aliphatic carbocycles. The number of halogens is 2. The van der Waals surface area contributed by atoms with Gasteiger partial charge >= 0.3 is 0 Å². The molecule has 5 nitrogen and oxygen atoms in total. The zero-order valence-corrected chi connectivity index (χ0v) is 12.1. The van der Waals surface area contributed by atoms with Crippen LogP contribution < -0.4 is 10.0 Å². The molecule has 0 aromatic heterocycles. The van der Waals surface area contributed by atoms with E-state index in [2.05, 4.69) is 10.0 Å². The summed E-state index contributed by atoms with van der Waals surface area (Å²) >= 11 is 11.7. The number of piperidine rings is 1. The normalized spacial score (nSPS) is 20.1. The van der Waals surface area contributed by atoms with Crippen LogP contribution in [0.2, 0.25) is 10.0 Å². The maximum Gasteiger partial charge on any atom is 0.242 e. The first-order valence-electron chi connectivity index (χ1n) is 5.62. The highest BCUT2D eigenvalue weighted by atomic mass is 35.5. The third kappa shape index (κ3) is 3.60. The van der Waals surface area contributed by atoms with Crippen LogP contribution in [0.25, 0.3) is 0 Å². The Hall–Kier alpha value is -0.820. The SMILES string of the molecule is O=C1CCC(NS(=O)(=O)c2cc(Cl)ccc2Cl)CN1. The van der Waals surface area contributed by atoms with Crippen molar-refractivity contribution in [3.63, 3.8) is 0 Å². The smallest absolute Gasteiger partial charge is 0.242 e. The van der Waals surface area contributed by atoms with Crippen LogP contribution >= 0.6 is 23.2 Å². The van der Waals surface area contributed by atoms with Crippen molar-refractivity contribution >= 4 is 39.1 Å². The van der Waals surface area contributed by atoms with Gasteiger partial charge in [-0.15, -0.1) is 0 Å². The predicted octanol–water partition coefficient (Wildman–Crippen LogP) is 1.55. The Morgan fingerprint density at radius 3 is 2.68 bits per heavy atom. The molecule has 1 aromatic carbocycles. The lowest BCUT2D eigenvalue weighted by atomic mass is 10.1. The number of rotatable bonds is 3. The van der Waals surface area contributed by atoms with Crippen molar-refractivity contribution in [1.82, 2.24) is 10.0 Å². The van der Waals surface area contributed by atoms with E-state index in [0.29, 0.717) is 17.9 Å². The van der Waals surface area contributed by atoms with Crippen LogP contribution in [0, 0.1) is 0 Å². The molecule has 1 aliphatic heterocycles. The molecule has 1 fully saturated rings. The van der Waals surface area contributed by atoms with E-state index in [0.717, 1.165) is 0 Å². The molecule has 0 spiro atoms. The van der Waals surface area contributed by atoms with Crippen molar-refractivity contribution in [1.29, 1.82) is 0 Å². The van der Waals surface area contributed by atoms with Gasteiger partial charge in [0, 0.05) is 24.0 Å². The number of amides is 1. The molecule has 1 aromatic rings. The van der Waals surface area contributed by atoms with Gasteiger partial charge in [-0.05, 0) is 24.6 Å². The standard InChI is InChI=1S/C11H12Cl2N2O3S/c12-7-1-3-9(13)10(5-7)19(17,18)15-8-2-4-11(16)14-6-8/h1,3,5,8,15H,2,4,6H2,(H,14,16). The summed E-state index contributed by atoms with van der Waals surface area (Å²) in [6.07, 6.45) is 0.764. The average Bonchev–Trinajstić information content (AvgIpc) is 2.35. The Labute approximate surface area is 121 Å². The highest BCUT2D eigenvalue weighted by Crippen LogP contribution is 2.25. The molecular weight excluding hydrogens is 311 g/mol. The van der Waals surface area contributed by atoms with Crippen molar-refractivity contribution in [2.75, 3.05) is 6.54 Å². The lowest BCUT2D eigenvalue weighted by Gasteiger charge is -2.23. The Kier molecular flexibility index (Phi) is 4.35. The minimum Gasteiger partial charge on any atom is -0.355 e. The van der Waals surface area contributed by atoms with Crippen molar-refractivity contribution < 1.29 is 13.2 Å². The molecule has 8 heteroatoms. The molecule has 1 unspecified atom stereocenters. The fraction of sp³-hybridized carbons (Fsp3) is 0.364. The fourth-order valence-corrected chi connectivity index (χ4v) is 3.83. The van der Waals surface area contributed by atoms with Gasteiger partial charge in [0.2, 0.25) is 15.9 Å². The van der Waals surface area contributed by atoms with Crippen LogP contribution in [0.1, 0.15) is 12.8 Å². The van der Waals surface area contributed by atoms with Crippen LogP contribution in [0.5, 0.6) is 0 Å². The maximum atomic E-state index is 12.2. The minimum atomic E-state index is -3.75. The van der Waals surface area contributed by atoms with Gasteiger partial charge in [0.1, 0.15) is 4.90 Å². The van der Waals surface area contributed by atoms with E-state index in [-0.39, 0.29) is 28.4 Å². The predicted molar refractivity (Wildman–Crippen MR) is 72.8 cm³/mol. The molecule has 0 saturated carbocycles. The molecule has 1 atom stereocenters. The van der Waals surface area contributed by atoms with Crippen molar-refractivity contribution in [3.05, 3.63) is 28.2 Å². The van der Waals surface area contributed by atoms with Gasteiger partial charge in [0.15, 0.2) is 0 Å². The Morgan fingerprint density at radius 1 is 1.32 bits per heavy atom. The van der Waals surface area contributed by atoms with Gasteiger partial charge in [0.25, 0.3) is 0 Å². The quantitative estimate of drug-likeness (QED) is 0.886. The molecule has 0 radical (unpaired) electrons. The first-order valence-corrected chi connectivity index (χ1v) is 7.86. The highest BCUT2D eigenvalue weighted by molar-refractivity contribution is 7.89. The topological polar surface area (TPSA) is 75.3 Å². The van der Waals surface area contributed by atoms with Crippen LogP contribution in [0.3, 0.4) is 0 Å². The molecule has 1 aliphatic rings. The van der Waals surface area contributed by atoms with Crippen LogP contribution in [-0.2, 0) is 14.8 Å². The van der Waals surface area contributed by atoms with Crippen molar-refractivity contribution in [2.45, 2.75) is 23.8 Å². The van der Waals surface area contributed by atoms with Crippen LogP contribution in [0.15, 0.2) is 23.1 Å². The molecular formula is C11H12Cl2N2O3S. The highest BCUT2D eigenvalue weighted by Gasteiger charge is 2.25. The Bertz CT molecular complexity index is 594. The van der Waals surface area contributed by atoms with E-state index in [4.69, 9.17) is 23.2 Å². The van der Waals surface area contributed by atoms with E-state index < -0.39 is 10.0 Å². The van der Waals surface area contributed by atoms with E-state index in [1.807, 2.05) is 0 Å². The molecule has 0 bridgehead atoms. The summed E-state index contributed by atoms with van der Waals surface area (Å²) in [5.74, 6) is -0.0729. The summed E-state index contributed by atoms with van der Waals surface area (Å²) in [7, 11) is -3.75. The second kappa shape index (κ2) is 5.66. The zero-order valence-electron chi connectivity index (χ0n) is 9.82. The average molecular weight is 323 g/mol. The molecule has 104 valence electrons. The van der Waals surface area contributed by atoms with Gasteiger partial charge in [0.05, 0.1) is 5.02 Å². The number of sulfonamides is 1. The molecule has 2 rings (SSSR count). The molecule has 1 saturated heterocycles. The first kappa shape index (κ1) is 14.6. The molecule has 2 N–H and O–H groups in total. The summed E-state index contributed by atoms with van der Waals surface area (Å²) < 4.78 is 26.9. The van der Waals surface area contributed by atoms with Gasteiger partial charge in [-0.1, -0.05) is 23.2 Å². The monoisotopic (exact) mass is 322 g/mol. The third-order valence-corrected chi connectivity index (χ3v) is 5.01. The van der Waals surface area contributed by atoms with Crippen molar-refractivity contribution in [2.24, 2.45) is 0 Å². The second-order valence-electron chi connectivity index (χ2n) is 4.24. The lowest BCUT2D eigenvalue weighted by Crippen LogP contribution is -2.47. The molecule has 19 heavy (non-hydrogen) atoms. The lowest BCUT2D eigenvalue weighted by molar-refractivity contribution is -0.122. The second-order valence-corrected chi connectivity index (χ2v) is 6.76. The van der Waals surface area contributed by atoms with Gasteiger partial charge in [-0.2, -0.15) is 0 Å². The Balaban J connectivity index is 2.18. The van der Waals surface area contributed by atoms with Gasteiger partial charge in [-0.25, -0.2) is 13.1 Å². The van der Waals surface area contributed by atoms with Gasteiger partial charge in [-0.3, -0.25) is 4.79 Å². The summed E-state index contributed by atoms with van der Waals surface area (Å²) in [6, 6.07) is 3.91. The number of benzene rings is 1. The van der Waals surface area contributed by atoms with Gasteiger partial charge < -0.3 is 5.32 Å². The number of carbonyl (C=O) groups excluding carboxylic acids is 1. The number of hydrogen-bond acceptors (Lipinski definition) is 3. The largest absolute Gasteiger partial charge is 0.355 e. The zero-order chi connectivity index (χ0) is 14.0. The van der Waals surface area contributed by atoms with Crippen LogP contribution in [-0.4, -0.2) is 26.9 Å². The number of carbonyl (C=O) groups is 1. The third-order valence-electron chi connectivity index (χ3n) is 2.77. The summed E-state index contributed by atoms with van der Waals surface area (Å²) in [6.45, 7) is 0.274. The van der Waals surface area contributed by atoms with E-state index >= 15 is 0 Å². The van der Waals surface area contributed by atoms with E-state index in [1.54, 1.807) is 0 Å². The van der Waals surface area contributed by atoms with Crippen LogP contribution in [0.4, 0.5) is 0 Å². The minimum absolute atomic E-state index is 0.0569. The number of hydrogen-bond donors (Lipinski definition) is 2. The molecule has 1 amide bonds. The number of nitrogens with one attached hydrogen (secondary N) is 2. The fourth-order valence-electron chi connectivity index (χ4n) is 1.80. The first-order chi connectivity index (χ1) is 8.88. The molecule has 1 heterocycles. The maximum absolute atomic E-state index is 12.2. The van der Waals surface area contributed by atoms with E-state index in [9.17, 15) is 13.2 Å². The summed E-state index contributed by atoms with van der Waals surface area (Å²) in [5.41, 5.74) is 0. The summed E-state index contributed by atoms with van der Waals surface area (Å²) in [4.78, 5) is 11.0. The van der Waals surface area contributed by atoms with Crippen molar-refractivity contribution in [3.8, 4) is 0 Å². The Morgan fingerprint density at radius 2 is 2.05 bits per heavy atom.